The number of nitrogens with two attached hydrogens (primary N) is 1. The minimum absolute atomic E-state index is 0.317. The highest BCUT2D eigenvalue weighted by Crippen LogP contribution is 2.05. The Morgan fingerprint density at radius 2 is 2.00 bits per heavy atom. The second kappa shape index (κ2) is 8.62. The summed E-state index contributed by atoms with van der Waals surface area (Å²) in [6, 6.07) is 10.6. The van der Waals surface area contributed by atoms with Crippen LogP contribution in [0.4, 0.5) is 0 Å². The Kier molecular flexibility index (Phi) is 7.30. The van der Waals surface area contributed by atoms with E-state index < -0.39 is 0 Å². The second-order valence-corrected chi connectivity index (χ2v) is 5.14. The summed E-state index contributed by atoms with van der Waals surface area (Å²) in [7, 11) is 0. The zero-order valence-corrected chi connectivity index (χ0v) is 10.7. The Morgan fingerprint density at radius 3 is 2.69 bits per heavy atom. The highest BCUT2D eigenvalue weighted by molar-refractivity contribution is 7.99. The lowest BCUT2D eigenvalue weighted by Gasteiger charge is -2.06. The quantitative estimate of drug-likeness (QED) is 0.708. The fourth-order valence-corrected chi connectivity index (χ4v) is 2.23. The number of thioether (sulfide) groups is 1. The third-order valence-corrected chi connectivity index (χ3v) is 3.18. The van der Waals surface area contributed by atoms with Crippen LogP contribution in [-0.4, -0.2) is 24.2 Å². The van der Waals surface area contributed by atoms with Gasteiger partial charge in [0.15, 0.2) is 0 Å². The maximum absolute atomic E-state index is 5.66. The lowest BCUT2D eigenvalue weighted by Crippen LogP contribution is -2.15. The largest absolute Gasteiger partial charge is 0.376 e. The van der Waals surface area contributed by atoms with E-state index >= 15 is 0 Å². The molecule has 1 aromatic rings. The van der Waals surface area contributed by atoms with Crippen LogP contribution in [0.25, 0.3) is 0 Å². The minimum atomic E-state index is 0.317. The van der Waals surface area contributed by atoms with Crippen molar-refractivity contribution >= 4 is 11.8 Å². The molecule has 1 atom stereocenters. The Balaban J connectivity index is 1.93. The molecule has 0 spiro atoms. The van der Waals surface area contributed by atoms with Crippen LogP contribution in [0.3, 0.4) is 0 Å². The van der Waals surface area contributed by atoms with Crippen molar-refractivity contribution in [3.8, 4) is 0 Å². The van der Waals surface area contributed by atoms with E-state index in [9.17, 15) is 0 Å². The van der Waals surface area contributed by atoms with Crippen molar-refractivity contribution in [2.45, 2.75) is 26.0 Å². The second-order valence-electron chi connectivity index (χ2n) is 3.92. The van der Waals surface area contributed by atoms with Gasteiger partial charge < -0.3 is 10.5 Å². The van der Waals surface area contributed by atoms with Gasteiger partial charge in [0.1, 0.15) is 0 Å². The highest BCUT2D eigenvalue weighted by Gasteiger charge is 1.95. The van der Waals surface area contributed by atoms with Gasteiger partial charge in [0.2, 0.25) is 0 Å². The molecule has 0 aromatic heterocycles. The van der Waals surface area contributed by atoms with Gasteiger partial charge >= 0.3 is 0 Å². The average Bonchev–Trinajstić information content (AvgIpc) is 2.29. The Hall–Kier alpha value is -0.510. The van der Waals surface area contributed by atoms with E-state index in [-0.39, 0.29) is 0 Å². The molecule has 0 saturated carbocycles. The van der Waals surface area contributed by atoms with Gasteiger partial charge in [0.25, 0.3) is 0 Å². The summed E-state index contributed by atoms with van der Waals surface area (Å²) in [6.07, 6.45) is 1.09. The molecule has 90 valence electrons. The van der Waals surface area contributed by atoms with Crippen LogP contribution >= 0.6 is 11.8 Å². The average molecular weight is 239 g/mol. The first-order chi connectivity index (χ1) is 7.79. The van der Waals surface area contributed by atoms with E-state index in [1.165, 1.54) is 5.56 Å². The molecule has 16 heavy (non-hydrogen) atoms. The lowest BCUT2D eigenvalue weighted by atomic mass is 10.2. The van der Waals surface area contributed by atoms with Crippen molar-refractivity contribution < 1.29 is 4.74 Å². The summed E-state index contributed by atoms with van der Waals surface area (Å²) in [5, 5.41) is 0. The molecule has 0 radical (unpaired) electrons. The molecule has 0 aliphatic heterocycles. The van der Waals surface area contributed by atoms with Crippen LogP contribution in [-0.2, 0) is 11.3 Å². The van der Waals surface area contributed by atoms with Crippen molar-refractivity contribution in [1.29, 1.82) is 0 Å². The Labute approximate surface area is 103 Å². The molecule has 0 heterocycles. The Morgan fingerprint density at radius 1 is 1.25 bits per heavy atom. The number of hydrogen-bond donors (Lipinski definition) is 1. The minimum Gasteiger partial charge on any atom is -0.376 e. The molecule has 0 bridgehead atoms. The van der Waals surface area contributed by atoms with Gasteiger partial charge in [-0.2, -0.15) is 11.8 Å². The third-order valence-electron chi connectivity index (χ3n) is 2.20. The number of rotatable bonds is 8. The van der Waals surface area contributed by atoms with Crippen LogP contribution in [0, 0.1) is 0 Å². The first-order valence-corrected chi connectivity index (χ1v) is 6.89. The van der Waals surface area contributed by atoms with Crippen LogP contribution in [0.2, 0.25) is 0 Å². The van der Waals surface area contributed by atoms with E-state index in [1.54, 1.807) is 0 Å². The third kappa shape index (κ3) is 6.88. The van der Waals surface area contributed by atoms with Gasteiger partial charge in [-0.25, -0.2) is 0 Å². The smallest absolute Gasteiger partial charge is 0.0717 e. The first kappa shape index (κ1) is 13.6. The molecular weight excluding hydrogens is 218 g/mol. The molecule has 1 unspecified atom stereocenters. The summed E-state index contributed by atoms with van der Waals surface area (Å²) in [5.41, 5.74) is 6.90. The van der Waals surface area contributed by atoms with E-state index in [1.807, 2.05) is 36.9 Å². The molecule has 0 fully saturated rings. The summed E-state index contributed by atoms with van der Waals surface area (Å²) in [6.45, 7) is 3.58. The van der Waals surface area contributed by atoms with E-state index in [0.29, 0.717) is 12.6 Å². The van der Waals surface area contributed by atoms with Crippen molar-refractivity contribution in [1.82, 2.24) is 0 Å². The van der Waals surface area contributed by atoms with Crippen molar-refractivity contribution in [2.24, 2.45) is 5.73 Å². The standard InChI is InChI=1S/C13H21NOS/c1-12(14)7-9-16-10-8-15-11-13-5-3-2-4-6-13/h2-6,12H,7-11,14H2,1H3. The summed E-state index contributed by atoms with van der Waals surface area (Å²) < 4.78 is 5.57. The number of benzene rings is 1. The van der Waals surface area contributed by atoms with Gasteiger partial charge in [-0.05, 0) is 24.7 Å². The predicted octanol–water partition coefficient (Wildman–Crippen LogP) is 2.67. The normalized spacial score (nSPS) is 12.6. The van der Waals surface area contributed by atoms with Crippen LogP contribution in [0.5, 0.6) is 0 Å². The molecule has 1 aromatic carbocycles. The SMILES string of the molecule is CC(N)CCSCCOCc1ccccc1. The first-order valence-electron chi connectivity index (χ1n) is 5.74. The highest BCUT2D eigenvalue weighted by atomic mass is 32.2. The van der Waals surface area contributed by atoms with Crippen molar-refractivity contribution in [3.63, 3.8) is 0 Å². The maximum atomic E-state index is 5.66. The van der Waals surface area contributed by atoms with Crippen molar-refractivity contribution in [2.75, 3.05) is 18.1 Å². The number of hydrogen-bond acceptors (Lipinski definition) is 3. The summed E-state index contributed by atoms with van der Waals surface area (Å²) in [4.78, 5) is 0. The molecular formula is C13H21NOS. The molecule has 0 saturated heterocycles. The monoisotopic (exact) mass is 239 g/mol. The zero-order chi connectivity index (χ0) is 11.6. The van der Waals surface area contributed by atoms with Crippen LogP contribution < -0.4 is 5.73 Å². The molecule has 1 rings (SSSR count). The fraction of sp³-hybridized carbons (Fsp3) is 0.538. The molecule has 2 nitrogen and oxygen atoms in total. The molecule has 2 N–H and O–H groups in total. The summed E-state index contributed by atoms with van der Waals surface area (Å²) >= 11 is 1.91. The van der Waals surface area contributed by atoms with Gasteiger partial charge in [0.05, 0.1) is 13.2 Å². The van der Waals surface area contributed by atoms with Gasteiger partial charge in [-0.15, -0.1) is 0 Å². The van der Waals surface area contributed by atoms with Gasteiger partial charge in [-0.3, -0.25) is 0 Å². The Bertz CT molecular complexity index is 264. The van der Waals surface area contributed by atoms with E-state index in [4.69, 9.17) is 10.5 Å². The summed E-state index contributed by atoms with van der Waals surface area (Å²) in [5.74, 6) is 2.19. The van der Waals surface area contributed by atoms with E-state index in [0.717, 1.165) is 24.5 Å². The fourth-order valence-electron chi connectivity index (χ4n) is 1.25. The van der Waals surface area contributed by atoms with E-state index in [2.05, 4.69) is 12.1 Å². The lowest BCUT2D eigenvalue weighted by molar-refractivity contribution is 0.136. The molecule has 0 aliphatic rings. The maximum Gasteiger partial charge on any atom is 0.0717 e. The molecule has 3 heteroatoms. The topological polar surface area (TPSA) is 35.2 Å². The van der Waals surface area contributed by atoms with Crippen molar-refractivity contribution in [3.05, 3.63) is 35.9 Å². The van der Waals surface area contributed by atoms with Crippen LogP contribution in [0.15, 0.2) is 30.3 Å². The van der Waals surface area contributed by atoms with Gasteiger partial charge in [0, 0.05) is 11.8 Å². The molecule has 0 amide bonds. The van der Waals surface area contributed by atoms with Crippen LogP contribution in [0.1, 0.15) is 18.9 Å². The predicted molar refractivity (Wildman–Crippen MR) is 71.7 cm³/mol. The number of ether oxygens (including phenoxy) is 1. The molecule has 0 aliphatic carbocycles. The van der Waals surface area contributed by atoms with Gasteiger partial charge in [-0.1, -0.05) is 30.3 Å². The zero-order valence-electron chi connectivity index (χ0n) is 9.89.